The Balaban J connectivity index is 1.85. The molecule has 2 unspecified atom stereocenters. The van der Waals surface area contributed by atoms with Crippen LogP contribution in [0.3, 0.4) is 0 Å². The van der Waals surface area contributed by atoms with Crippen molar-refractivity contribution in [2.45, 2.75) is 51.1 Å². The second-order valence-corrected chi connectivity index (χ2v) is 7.49. The van der Waals surface area contributed by atoms with E-state index in [4.69, 9.17) is 5.11 Å². The molecule has 27 heavy (non-hydrogen) atoms. The van der Waals surface area contributed by atoms with E-state index in [1.54, 1.807) is 0 Å². The van der Waals surface area contributed by atoms with E-state index in [1.165, 1.54) is 0 Å². The lowest BCUT2D eigenvalue weighted by atomic mass is 10.0. The lowest BCUT2D eigenvalue weighted by molar-refractivity contribution is -0.138. The van der Waals surface area contributed by atoms with Crippen molar-refractivity contribution in [2.24, 2.45) is 0 Å². The molecule has 0 aromatic heterocycles. The average molecular weight is 376 g/mol. The second-order valence-electron chi connectivity index (χ2n) is 7.49. The molecule has 1 aromatic rings. The number of carbonyl (C=O) groups excluding carboxylic acids is 1. The van der Waals surface area contributed by atoms with E-state index in [1.807, 2.05) is 30.1 Å². The molecule has 1 aliphatic heterocycles. The number of amides is 1. The van der Waals surface area contributed by atoms with Crippen molar-refractivity contribution >= 4 is 11.9 Å². The second kappa shape index (κ2) is 11.0. The fourth-order valence-electron chi connectivity index (χ4n) is 3.82. The van der Waals surface area contributed by atoms with Crippen LogP contribution in [0.4, 0.5) is 0 Å². The van der Waals surface area contributed by atoms with Crippen LogP contribution in [0, 0.1) is 0 Å². The van der Waals surface area contributed by atoms with Crippen molar-refractivity contribution in [3.05, 3.63) is 35.9 Å². The standard InChI is InChI=1S/C21H33N3O3/c1-3-8-19(17-9-5-4-6-10-17)22-20(25)15-24-13-7-11-18(12-14-24)23(2)16-21(26)27/h4-6,9-10,18-19H,3,7-8,11-16H2,1-2H3,(H,22,25)(H,26,27). The van der Waals surface area contributed by atoms with E-state index in [9.17, 15) is 9.59 Å². The summed E-state index contributed by atoms with van der Waals surface area (Å²) >= 11 is 0. The van der Waals surface area contributed by atoms with Crippen LogP contribution in [0.15, 0.2) is 30.3 Å². The van der Waals surface area contributed by atoms with Crippen LogP contribution in [-0.2, 0) is 9.59 Å². The quantitative estimate of drug-likeness (QED) is 0.694. The molecule has 1 heterocycles. The number of nitrogens with one attached hydrogen (secondary N) is 1. The van der Waals surface area contributed by atoms with Gasteiger partial charge >= 0.3 is 5.97 Å². The maximum absolute atomic E-state index is 12.6. The Bertz CT molecular complexity index is 594. The fourth-order valence-corrected chi connectivity index (χ4v) is 3.82. The third-order valence-corrected chi connectivity index (χ3v) is 5.28. The first-order valence-corrected chi connectivity index (χ1v) is 9.98. The van der Waals surface area contributed by atoms with Gasteiger partial charge in [0, 0.05) is 12.6 Å². The molecule has 1 aromatic carbocycles. The highest BCUT2D eigenvalue weighted by atomic mass is 16.4. The Morgan fingerprint density at radius 2 is 2.00 bits per heavy atom. The van der Waals surface area contributed by atoms with Gasteiger partial charge in [0.15, 0.2) is 0 Å². The molecular formula is C21H33N3O3. The molecule has 0 bridgehead atoms. The van der Waals surface area contributed by atoms with Gasteiger partial charge in [0.2, 0.25) is 5.91 Å². The molecular weight excluding hydrogens is 342 g/mol. The van der Waals surface area contributed by atoms with Crippen molar-refractivity contribution in [1.29, 1.82) is 0 Å². The lowest BCUT2D eigenvalue weighted by Gasteiger charge is -2.26. The molecule has 0 radical (unpaired) electrons. The largest absolute Gasteiger partial charge is 0.480 e. The van der Waals surface area contributed by atoms with Crippen molar-refractivity contribution in [3.63, 3.8) is 0 Å². The number of nitrogens with zero attached hydrogens (tertiary/aromatic N) is 2. The maximum Gasteiger partial charge on any atom is 0.317 e. The Labute approximate surface area is 162 Å². The monoisotopic (exact) mass is 375 g/mol. The van der Waals surface area contributed by atoms with E-state index in [-0.39, 0.29) is 24.5 Å². The third-order valence-electron chi connectivity index (χ3n) is 5.28. The number of benzene rings is 1. The molecule has 0 spiro atoms. The van der Waals surface area contributed by atoms with E-state index >= 15 is 0 Å². The molecule has 6 nitrogen and oxygen atoms in total. The van der Waals surface area contributed by atoms with Gasteiger partial charge in [0.05, 0.1) is 19.1 Å². The summed E-state index contributed by atoms with van der Waals surface area (Å²) in [6, 6.07) is 10.5. The number of likely N-dealkylation sites (N-methyl/N-ethyl adjacent to an activating group) is 1. The molecule has 2 atom stereocenters. The predicted octanol–water partition coefficient (Wildman–Crippen LogP) is 2.51. The fraction of sp³-hybridized carbons (Fsp3) is 0.619. The molecule has 2 rings (SSSR count). The number of likely N-dealkylation sites (tertiary alicyclic amines) is 1. The molecule has 150 valence electrons. The molecule has 2 N–H and O–H groups in total. The molecule has 6 heteroatoms. The minimum atomic E-state index is -0.791. The summed E-state index contributed by atoms with van der Waals surface area (Å²) in [6.07, 6.45) is 4.80. The highest BCUT2D eigenvalue weighted by Crippen LogP contribution is 2.19. The molecule has 1 saturated heterocycles. The summed E-state index contributed by atoms with van der Waals surface area (Å²) in [7, 11) is 1.87. The summed E-state index contributed by atoms with van der Waals surface area (Å²) in [5, 5.41) is 12.2. The summed E-state index contributed by atoms with van der Waals surface area (Å²) < 4.78 is 0. The average Bonchev–Trinajstić information content (AvgIpc) is 2.87. The van der Waals surface area contributed by atoms with Gasteiger partial charge in [-0.2, -0.15) is 0 Å². The van der Waals surface area contributed by atoms with Gasteiger partial charge in [-0.15, -0.1) is 0 Å². The number of carboxylic acid groups (broad SMARTS) is 1. The Morgan fingerprint density at radius 3 is 2.67 bits per heavy atom. The molecule has 1 aliphatic rings. The van der Waals surface area contributed by atoms with Gasteiger partial charge < -0.3 is 10.4 Å². The first-order valence-electron chi connectivity index (χ1n) is 9.98. The van der Waals surface area contributed by atoms with Crippen LogP contribution in [0.2, 0.25) is 0 Å². The van der Waals surface area contributed by atoms with Crippen LogP contribution < -0.4 is 5.32 Å². The maximum atomic E-state index is 12.6. The van der Waals surface area contributed by atoms with Crippen LogP contribution >= 0.6 is 0 Å². The summed E-state index contributed by atoms with van der Waals surface area (Å²) in [4.78, 5) is 27.6. The first kappa shape index (κ1) is 21.4. The van der Waals surface area contributed by atoms with Crippen molar-refractivity contribution in [2.75, 3.05) is 33.2 Å². The van der Waals surface area contributed by atoms with Crippen molar-refractivity contribution in [3.8, 4) is 0 Å². The van der Waals surface area contributed by atoms with Crippen molar-refractivity contribution < 1.29 is 14.7 Å². The minimum absolute atomic E-state index is 0.0603. The van der Waals surface area contributed by atoms with Gasteiger partial charge in [0.25, 0.3) is 0 Å². The third kappa shape index (κ3) is 7.31. The first-order chi connectivity index (χ1) is 13.0. The summed E-state index contributed by atoms with van der Waals surface area (Å²) in [5.41, 5.74) is 1.15. The van der Waals surface area contributed by atoms with E-state index in [2.05, 4.69) is 29.3 Å². The normalized spacial score (nSPS) is 19.4. The Hall–Kier alpha value is -1.92. The zero-order valence-corrected chi connectivity index (χ0v) is 16.6. The topological polar surface area (TPSA) is 72.9 Å². The van der Waals surface area contributed by atoms with E-state index in [0.29, 0.717) is 6.54 Å². The number of rotatable bonds is 9. The van der Waals surface area contributed by atoms with Crippen LogP contribution in [0.5, 0.6) is 0 Å². The highest BCUT2D eigenvalue weighted by Gasteiger charge is 2.23. The molecule has 1 amide bonds. The smallest absolute Gasteiger partial charge is 0.317 e. The lowest BCUT2D eigenvalue weighted by Crippen LogP contribution is -2.40. The SMILES string of the molecule is CCCC(NC(=O)CN1CCCC(N(C)CC(=O)O)CC1)c1ccccc1. The predicted molar refractivity (Wildman–Crippen MR) is 107 cm³/mol. The van der Waals surface area contributed by atoms with E-state index in [0.717, 1.165) is 50.8 Å². The molecule has 0 saturated carbocycles. The Morgan fingerprint density at radius 1 is 1.26 bits per heavy atom. The van der Waals surface area contributed by atoms with Gasteiger partial charge in [-0.3, -0.25) is 19.4 Å². The number of aliphatic carboxylic acids is 1. The highest BCUT2D eigenvalue weighted by molar-refractivity contribution is 5.78. The molecule has 0 aliphatic carbocycles. The Kier molecular flexibility index (Phi) is 8.75. The summed E-state index contributed by atoms with van der Waals surface area (Å²) in [6.45, 7) is 4.31. The van der Waals surface area contributed by atoms with Gasteiger partial charge in [0.1, 0.15) is 0 Å². The van der Waals surface area contributed by atoms with Crippen LogP contribution in [0.1, 0.15) is 50.6 Å². The van der Waals surface area contributed by atoms with Gasteiger partial charge in [-0.25, -0.2) is 0 Å². The van der Waals surface area contributed by atoms with Crippen LogP contribution in [0.25, 0.3) is 0 Å². The number of hydrogen-bond donors (Lipinski definition) is 2. The van der Waals surface area contributed by atoms with Crippen LogP contribution in [-0.4, -0.2) is 66.1 Å². The minimum Gasteiger partial charge on any atom is -0.480 e. The zero-order chi connectivity index (χ0) is 19.6. The zero-order valence-electron chi connectivity index (χ0n) is 16.6. The van der Waals surface area contributed by atoms with Gasteiger partial charge in [-0.1, -0.05) is 43.7 Å². The number of carbonyl (C=O) groups is 2. The van der Waals surface area contributed by atoms with Gasteiger partial charge in [-0.05, 0) is 44.8 Å². The number of hydrogen-bond acceptors (Lipinski definition) is 4. The summed E-state index contributed by atoms with van der Waals surface area (Å²) in [5.74, 6) is -0.726. The van der Waals surface area contributed by atoms with E-state index < -0.39 is 5.97 Å². The van der Waals surface area contributed by atoms with Crippen molar-refractivity contribution in [1.82, 2.24) is 15.1 Å². The molecule has 1 fully saturated rings. The number of carboxylic acids is 1.